The molecule has 124 valence electrons. The van der Waals surface area contributed by atoms with E-state index >= 15 is 0 Å². The molecule has 0 fully saturated rings. The zero-order valence-corrected chi connectivity index (χ0v) is 15.5. The van der Waals surface area contributed by atoms with E-state index in [-0.39, 0.29) is 5.91 Å². The van der Waals surface area contributed by atoms with Crippen LogP contribution in [0.5, 0.6) is 5.75 Å². The van der Waals surface area contributed by atoms with Gasteiger partial charge in [0, 0.05) is 47.8 Å². The first kappa shape index (κ1) is 16.6. The maximum atomic E-state index is 12.9. The van der Waals surface area contributed by atoms with Crippen LogP contribution in [-0.4, -0.2) is 29.5 Å². The average molecular weight is 387 g/mol. The van der Waals surface area contributed by atoms with Gasteiger partial charge in [0.25, 0.3) is 5.91 Å². The molecule has 0 aliphatic rings. The Morgan fingerprint density at radius 3 is 2.75 bits per heavy atom. The van der Waals surface area contributed by atoms with Crippen LogP contribution in [0.15, 0.2) is 53.1 Å². The van der Waals surface area contributed by atoms with E-state index in [0.717, 1.165) is 26.7 Å². The van der Waals surface area contributed by atoms with Crippen LogP contribution in [0.3, 0.4) is 0 Å². The summed E-state index contributed by atoms with van der Waals surface area (Å²) in [4.78, 5) is 14.6. The van der Waals surface area contributed by atoms with Gasteiger partial charge in [-0.25, -0.2) is 0 Å². The Morgan fingerprint density at radius 1 is 1.25 bits per heavy atom. The first-order chi connectivity index (χ1) is 11.5. The monoisotopic (exact) mass is 386 g/mol. The quantitative estimate of drug-likeness (QED) is 0.672. The molecule has 3 rings (SSSR count). The summed E-state index contributed by atoms with van der Waals surface area (Å²) < 4.78 is 8.34. The summed E-state index contributed by atoms with van der Waals surface area (Å²) in [6, 6.07) is 13.7. The van der Waals surface area contributed by atoms with Crippen LogP contribution in [0.4, 0.5) is 0 Å². The number of para-hydroxylation sites is 1. The lowest BCUT2D eigenvalue weighted by Crippen LogP contribution is -2.26. The lowest BCUT2D eigenvalue weighted by molar-refractivity contribution is 0.0786. The summed E-state index contributed by atoms with van der Waals surface area (Å²) >= 11 is 3.47. The highest BCUT2D eigenvalue weighted by molar-refractivity contribution is 9.10. The highest BCUT2D eigenvalue weighted by atomic mass is 79.9. The molecular formula is C19H19BrN2O2. The number of amides is 1. The topological polar surface area (TPSA) is 34.5 Å². The molecule has 5 heteroatoms. The van der Waals surface area contributed by atoms with Gasteiger partial charge in [-0.05, 0) is 24.3 Å². The normalized spacial score (nSPS) is 10.8. The van der Waals surface area contributed by atoms with Crippen molar-refractivity contribution in [1.29, 1.82) is 0 Å². The largest absolute Gasteiger partial charge is 0.496 e. The molecule has 0 saturated carbocycles. The van der Waals surface area contributed by atoms with Gasteiger partial charge in [0.2, 0.25) is 0 Å². The Hall–Kier alpha value is -2.27. The van der Waals surface area contributed by atoms with Crippen molar-refractivity contribution < 1.29 is 9.53 Å². The average Bonchev–Trinajstić information content (AvgIpc) is 2.92. The van der Waals surface area contributed by atoms with Crippen molar-refractivity contribution in [3.63, 3.8) is 0 Å². The minimum absolute atomic E-state index is 0.00571. The molecule has 0 aliphatic carbocycles. The van der Waals surface area contributed by atoms with E-state index < -0.39 is 0 Å². The lowest BCUT2D eigenvalue weighted by atomic mass is 10.1. The van der Waals surface area contributed by atoms with Gasteiger partial charge in [-0.2, -0.15) is 0 Å². The molecule has 3 aromatic rings. The zero-order chi connectivity index (χ0) is 17.3. The number of carbonyl (C=O) groups is 1. The third-order valence-corrected chi connectivity index (χ3v) is 4.62. The number of aromatic nitrogens is 1. The fourth-order valence-corrected chi connectivity index (χ4v) is 3.32. The molecule has 0 atom stereocenters. The molecule has 0 radical (unpaired) electrons. The van der Waals surface area contributed by atoms with E-state index in [2.05, 4.69) is 15.9 Å². The number of nitrogens with zero attached hydrogens (tertiary/aromatic N) is 2. The van der Waals surface area contributed by atoms with Crippen LogP contribution < -0.4 is 4.74 Å². The molecule has 0 unspecified atom stereocenters. The first-order valence-electron chi connectivity index (χ1n) is 7.63. The zero-order valence-electron chi connectivity index (χ0n) is 13.9. The number of aryl methyl sites for hydroxylation is 1. The second-order valence-corrected chi connectivity index (χ2v) is 6.70. The van der Waals surface area contributed by atoms with E-state index in [1.54, 1.807) is 12.0 Å². The van der Waals surface area contributed by atoms with Crippen LogP contribution in [0.1, 0.15) is 15.9 Å². The van der Waals surface area contributed by atoms with Crippen LogP contribution in [0, 0.1) is 0 Å². The maximum Gasteiger partial charge on any atom is 0.256 e. The molecule has 24 heavy (non-hydrogen) atoms. The standard InChI is InChI=1S/C19H19BrN2O2/c1-21-12-16(15-6-4-5-7-17(15)21)19(23)22(2)11-13-10-14(20)8-9-18(13)24-3/h4-10,12H,11H2,1-3H3. The van der Waals surface area contributed by atoms with Gasteiger partial charge >= 0.3 is 0 Å². The minimum Gasteiger partial charge on any atom is -0.496 e. The molecule has 1 heterocycles. The molecule has 0 aliphatic heterocycles. The van der Waals surface area contributed by atoms with Gasteiger partial charge in [-0.1, -0.05) is 34.1 Å². The van der Waals surface area contributed by atoms with Crippen molar-refractivity contribution in [3.05, 3.63) is 64.3 Å². The van der Waals surface area contributed by atoms with Gasteiger partial charge in [0.1, 0.15) is 5.75 Å². The summed E-state index contributed by atoms with van der Waals surface area (Å²) in [5.74, 6) is 0.768. The van der Waals surface area contributed by atoms with Crippen molar-refractivity contribution in [2.45, 2.75) is 6.54 Å². The Morgan fingerprint density at radius 2 is 2.00 bits per heavy atom. The van der Waals surface area contributed by atoms with Crippen molar-refractivity contribution in [2.75, 3.05) is 14.2 Å². The van der Waals surface area contributed by atoms with Crippen molar-refractivity contribution >= 4 is 32.7 Å². The number of benzene rings is 2. The van der Waals surface area contributed by atoms with Crippen LogP contribution >= 0.6 is 15.9 Å². The molecule has 0 spiro atoms. The van der Waals surface area contributed by atoms with Gasteiger partial charge < -0.3 is 14.2 Å². The summed E-state index contributed by atoms with van der Waals surface area (Å²) in [5.41, 5.74) is 2.72. The number of halogens is 1. The number of fused-ring (bicyclic) bond motifs is 1. The molecule has 1 amide bonds. The number of hydrogen-bond donors (Lipinski definition) is 0. The smallest absolute Gasteiger partial charge is 0.256 e. The van der Waals surface area contributed by atoms with E-state index in [9.17, 15) is 4.79 Å². The maximum absolute atomic E-state index is 12.9. The van der Waals surface area contributed by atoms with E-state index in [0.29, 0.717) is 12.1 Å². The minimum atomic E-state index is -0.00571. The highest BCUT2D eigenvalue weighted by Crippen LogP contribution is 2.26. The third kappa shape index (κ3) is 3.04. The predicted octanol–water partition coefficient (Wildman–Crippen LogP) is 4.22. The molecule has 0 bridgehead atoms. The molecular weight excluding hydrogens is 368 g/mol. The SMILES string of the molecule is COc1ccc(Br)cc1CN(C)C(=O)c1cn(C)c2ccccc12. The molecule has 4 nitrogen and oxygen atoms in total. The molecule has 2 aromatic carbocycles. The number of methoxy groups -OCH3 is 1. The van der Waals surface area contributed by atoms with E-state index in [1.165, 1.54) is 0 Å². The summed E-state index contributed by atoms with van der Waals surface area (Å²) in [6.07, 6.45) is 1.89. The van der Waals surface area contributed by atoms with Gasteiger partial charge in [-0.3, -0.25) is 4.79 Å². The number of hydrogen-bond acceptors (Lipinski definition) is 2. The lowest BCUT2D eigenvalue weighted by Gasteiger charge is -2.19. The second kappa shape index (κ2) is 6.69. The van der Waals surface area contributed by atoms with Crippen molar-refractivity contribution in [2.24, 2.45) is 7.05 Å². The van der Waals surface area contributed by atoms with E-state index in [1.807, 2.05) is 67.3 Å². The number of ether oxygens (including phenoxy) is 1. The molecule has 0 N–H and O–H groups in total. The van der Waals surface area contributed by atoms with Gasteiger partial charge in [0.15, 0.2) is 0 Å². The second-order valence-electron chi connectivity index (χ2n) is 5.79. The fraction of sp³-hybridized carbons (Fsp3) is 0.211. The fourth-order valence-electron chi connectivity index (χ4n) is 2.92. The van der Waals surface area contributed by atoms with Crippen molar-refractivity contribution in [1.82, 2.24) is 9.47 Å². The third-order valence-electron chi connectivity index (χ3n) is 4.12. The Labute approximate surface area is 149 Å². The first-order valence-corrected chi connectivity index (χ1v) is 8.42. The molecule has 0 saturated heterocycles. The van der Waals surface area contributed by atoms with Crippen LogP contribution in [0.25, 0.3) is 10.9 Å². The number of carbonyl (C=O) groups excluding carboxylic acids is 1. The Bertz CT molecular complexity index is 902. The van der Waals surface area contributed by atoms with Gasteiger partial charge in [-0.15, -0.1) is 0 Å². The Balaban J connectivity index is 1.91. The van der Waals surface area contributed by atoms with E-state index in [4.69, 9.17) is 4.74 Å². The van der Waals surface area contributed by atoms with Crippen LogP contribution in [0.2, 0.25) is 0 Å². The predicted molar refractivity (Wildman–Crippen MR) is 99.4 cm³/mol. The highest BCUT2D eigenvalue weighted by Gasteiger charge is 2.18. The summed E-state index contributed by atoms with van der Waals surface area (Å²) in [5, 5.41) is 0.970. The van der Waals surface area contributed by atoms with Crippen LogP contribution in [-0.2, 0) is 13.6 Å². The Kier molecular flexibility index (Phi) is 4.62. The summed E-state index contributed by atoms with van der Waals surface area (Å²) in [6.45, 7) is 0.477. The van der Waals surface area contributed by atoms with Gasteiger partial charge in [0.05, 0.1) is 12.7 Å². The van der Waals surface area contributed by atoms with Crippen molar-refractivity contribution in [3.8, 4) is 5.75 Å². The summed E-state index contributed by atoms with van der Waals surface area (Å²) in [7, 11) is 5.40. The molecule has 1 aromatic heterocycles. The number of rotatable bonds is 4.